The van der Waals surface area contributed by atoms with Gasteiger partial charge in [0.2, 0.25) is 0 Å². The fourth-order valence-corrected chi connectivity index (χ4v) is 5.00. The molecule has 2 aliphatic heterocycles. The Kier molecular flexibility index (Phi) is 9.97. The van der Waals surface area contributed by atoms with E-state index >= 15 is 0 Å². The molecule has 37 heavy (non-hydrogen) atoms. The number of hydrogen-bond donors (Lipinski definition) is 0. The third kappa shape index (κ3) is 8.01. The molecule has 0 unspecified atom stereocenters. The van der Waals surface area contributed by atoms with Crippen LogP contribution in [0.4, 0.5) is 0 Å². The summed E-state index contributed by atoms with van der Waals surface area (Å²) in [4.78, 5) is 22.5. The number of hydrogen-bond acceptors (Lipinski definition) is 6. The molecule has 7 nitrogen and oxygen atoms in total. The zero-order valence-corrected chi connectivity index (χ0v) is 23.1. The van der Waals surface area contributed by atoms with Crippen LogP contribution in [0.3, 0.4) is 0 Å². The second kappa shape index (κ2) is 13.4. The number of nitrogens with zero attached hydrogens (tertiary/aromatic N) is 4. The van der Waals surface area contributed by atoms with Gasteiger partial charge in [0.1, 0.15) is 12.4 Å². The Labute approximate surface area is 222 Å². The molecule has 0 N–H and O–H groups in total. The maximum atomic E-state index is 13.4. The highest BCUT2D eigenvalue weighted by molar-refractivity contribution is 5.94. The second-order valence-electron chi connectivity index (χ2n) is 10.8. The van der Waals surface area contributed by atoms with Crippen LogP contribution in [0.1, 0.15) is 40.9 Å². The quantitative estimate of drug-likeness (QED) is 0.618. The van der Waals surface area contributed by atoms with Crippen molar-refractivity contribution in [1.82, 2.24) is 19.6 Å². The number of likely N-dealkylation sites (N-methyl/N-ethyl adjacent to an activating group) is 1. The maximum absolute atomic E-state index is 13.4. The lowest BCUT2D eigenvalue weighted by molar-refractivity contribution is 0.0629. The molecule has 1 amide bonds. The van der Waals surface area contributed by atoms with E-state index < -0.39 is 0 Å². The van der Waals surface area contributed by atoms with Gasteiger partial charge in [-0.3, -0.25) is 14.6 Å². The average Bonchev–Trinajstić information content (AvgIpc) is 2.89. The van der Waals surface area contributed by atoms with Gasteiger partial charge in [-0.15, -0.1) is 0 Å². The van der Waals surface area contributed by atoms with Gasteiger partial charge in [0, 0.05) is 70.4 Å². The van der Waals surface area contributed by atoms with Gasteiger partial charge in [-0.25, -0.2) is 0 Å². The first kappa shape index (κ1) is 27.6. The number of carbonyl (C=O) groups excluding carboxylic acids is 1. The molecule has 7 heteroatoms. The summed E-state index contributed by atoms with van der Waals surface area (Å²) in [5, 5.41) is 0. The van der Waals surface area contributed by atoms with Gasteiger partial charge < -0.3 is 19.3 Å². The van der Waals surface area contributed by atoms with Crippen molar-refractivity contribution in [3.05, 3.63) is 64.7 Å². The fourth-order valence-electron chi connectivity index (χ4n) is 5.00. The van der Waals surface area contributed by atoms with Crippen LogP contribution in [0.25, 0.3) is 0 Å². The first-order valence-corrected chi connectivity index (χ1v) is 13.7. The van der Waals surface area contributed by atoms with Crippen LogP contribution in [-0.2, 0) is 17.7 Å². The Morgan fingerprint density at radius 3 is 2.49 bits per heavy atom. The van der Waals surface area contributed by atoms with Crippen LogP contribution in [0, 0.1) is 0 Å². The van der Waals surface area contributed by atoms with Crippen molar-refractivity contribution < 1.29 is 14.3 Å². The molecule has 0 atom stereocenters. The summed E-state index contributed by atoms with van der Waals surface area (Å²) in [7, 11) is 4.20. The minimum atomic E-state index is 0.110. The molecular weight excluding hydrogens is 464 g/mol. The predicted octanol–water partition coefficient (Wildman–Crippen LogP) is 3.22. The van der Waals surface area contributed by atoms with Gasteiger partial charge >= 0.3 is 0 Å². The van der Waals surface area contributed by atoms with Crippen molar-refractivity contribution in [3.63, 3.8) is 0 Å². The number of fused-ring (bicyclic) bond motifs is 3. The Balaban J connectivity index is 1.50. The van der Waals surface area contributed by atoms with E-state index in [1.54, 1.807) is 0 Å². The Hall–Kier alpha value is -2.45. The van der Waals surface area contributed by atoms with E-state index in [2.05, 4.69) is 66.9 Å². The smallest absolute Gasteiger partial charge is 0.253 e. The van der Waals surface area contributed by atoms with Crippen molar-refractivity contribution in [3.8, 4) is 5.75 Å². The van der Waals surface area contributed by atoms with E-state index in [0.29, 0.717) is 25.9 Å². The largest absolute Gasteiger partial charge is 0.491 e. The summed E-state index contributed by atoms with van der Waals surface area (Å²) in [6.45, 7) is 13.5. The van der Waals surface area contributed by atoms with Crippen LogP contribution in [0.15, 0.2) is 42.5 Å². The van der Waals surface area contributed by atoms with Crippen molar-refractivity contribution in [2.75, 3.05) is 79.7 Å². The molecule has 0 spiro atoms. The molecule has 2 aliphatic rings. The van der Waals surface area contributed by atoms with Crippen LogP contribution in [0.2, 0.25) is 0 Å². The van der Waals surface area contributed by atoms with Crippen molar-refractivity contribution in [1.29, 1.82) is 0 Å². The Morgan fingerprint density at radius 2 is 1.73 bits per heavy atom. The molecule has 202 valence electrons. The summed E-state index contributed by atoms with van der Waals surface area (Å²) in [6.07, 6.45) is 0.727. The lowest BCUT2D eigenvalue weighted by Crippen LogP contribution is -2.50. The number of carbonyl (C=O) groups is 1. The molecule has 0 aliphatic carbocycles. The van der Waals surface area contributed by atoms with Crippen molar-refractivity contribution >= 4 is 5.91 Å². The molecule has 2 bridgehead atoms. The van der Waals surface area contributed by atoms with Crippen LogP contribution < -0.4 is 4.74 Å². The van der Waals surface area contributed by atoms with Gasteiger partial charge in [0.15, 0.2) is 0 Å². The van der Waals surface area contributed by atoms with E-state index in [0.717, 1.165) is 75.7 Å². The van der Waals surface area contributed by atoms with Crippen LogP contribution >= 0.6 is 0 Å². The first-order valence-electron chi connectivity index (χ1n) is 13.7. The van der Waals surface area contributed by atoms with E-state index in [1.807, 2.05) is 23.1 Å². The Morgan fingerprint density at radius 1 is 0.946 bits per heavy atom. The molecule has 2 aromatic rings. The fraction of sp³-hybridized carbons (Fsp3) is 0.567. The summed E-state index contributed by atoms with van der Waals surface area (Å²) in [5.74, 6) is 0.944. The van der Waals surface area contributed by atoms with Crippen molar-refractivity contribution in [2.24, 2.45) is 0 Å². The lowest BCUT2D eigenvalue weighted by Gasteiger charge is -2.35. The highest BCUT2D eigenvalue weighted by Gasteiger charge is 2.23. The highest BCUT2D eigenvalue weighted by Crippen LogP contribution is 2.25. The van der Waals surface area contributed by atoms with E-state index in [4.69, 9.17) is 9.47 Å². The molecule has 2 aromatic carbocycles. The first-order chi connectivity index (χ1) is 17.9. The van der Waals surface area contributed by atoms with Crippen LogP contribution in [-0.4, -0.2) is 111 Å². The number of amides is 1. The van der Waals surface area contributed by atoms with E-state index in [1.165, 1.54) is 11.1 Å². The normalized spacial score (nSPS) is 18.4. The topological polar surface area (TPSA) is 48.5 Å². The van der Waals surface area contributed by atoms with Gasteiger partial charge in [-0.2, -0.15) is 0 Å². The van der Waals surface area contributed by atoms with Gasteiger partial charge in [-0.05, 0) is 62.8 Å². The minimum Gasteiger partial charge on any atom is -0.491 e. The number of benzene rings is 2. The number of ether oxygens (including phenoxy) is 2. The minimum absolute atomic E-state index is 0.110. The zero-order chi connectivity index (χ0) is 26.2. The zero-order valence-electron chi connectivity index (χ0n) is 23.1. The maximum Gasteiger partial charge on any atom is 0.253 e. The van der Waals surface area contributed by atoms with Gasteiger partial charge in [0.25, 0.3) is 5.91 Å². The predicted molar refractivity (Wildman–Crippen MR) is 148 cm³/mol. The SMILES string of the molecule is CC(C)N1CCOCCOc2ccc(C(=O)N3CCN(CCN(C)C)CC3)cc2Cc2cccc(c2)C1. The summed E-state index contributed by atoms with van der Waals surface area (Å²) in [6, 6.07) is 15.2. The Bertz CT molecular complexity index is 1020. The van der Waals surface area contributed by atoms with E-state index in [9.17, 15) is 4.79 Å². The standard InChI is InChI=1S/C30H44N4O3/c1-24(2)34-16-17-36-18-19-37-29-9-8-27(22-28(29)21-25-6-5-7-26(20-25)23-34)30(35)33-14-12-32(13-15-33)11-10-31(3)4/h5-9,20,22,24H,10-19,21,23H2,1-4H3. The molecule has 1 saturated heterocycles. The molecular formula is C30H44N4O3. The molecule has 0 saturated carbocycles. The van der Waals surface area contributed by atoms with Gasteiger partial charge in [-0.1, -0.05) is 24.3 Å². The summed E-state index contributed by atoms with van der Waals surface area (Å²) >= 11 is 0. The third-order valence-corrected chi connectivity index (χ3v) is 7.34. The molecule has 2 heterocycles. The van der Waals surface area contributed by atoms with E-state index in [-0.39, 0.29) is 5.91 Å². The molecule has 4 rings (SSSR count). The van der Waals surface area contributed by atoms with Crippen LogP contribution in [0.5, 0.6) is 5.75 Å². The van der Waals surface area contributed by atoms with Crippen molar-refractivity contribution in [2.45, 2.75) is 32.9 Å². The average molecular weight is 509 g/mol. The number of rotatable bonds is 5. The lowest BCUT2D eigenvalue weighted by atomic mass is 9.99. The number of piperazine rings is 1. The second-order valence-corrected chi connectivity index (χ2v) is 10.8. The summed E-state index contributed by atoms with van der Waals surface area (Å²) < 4.78 is 12.0. The highest BCUT2D eigenvalue weighted by atomic mass is 16.5. The summed E-state index contributed by atoms with van der Waals surface area (Å²) in [5.41, 5.74) is 4.32. The molecule has 0 radical (unpaired) electrons. The molecule has 1 fully saturated rings. The molecule has 0 aromatic heterocycles. The third-order valence-electron chi connectivity index (χ3n) is 7.34. The van der Waals surface area contributed by atoms with Gasteiger partial charge in [0.05, 0.1) is 13.2 Å². The monoisotopic (exact) mass is 508 g/mol.